The van der Waals surface area contributed by atoms with Gasteiger partial charge in [-0.1, -0.05) is 6.07 Å². The van der Waals surface area contributed by atoms with E-state index < -0.39 is 0 Å². The van der Waals surface area contributed by atoms with E-state index in [9.17, 15) is 5.26 Å². The van der Waals surface area contributed by atoms with E-state index in [2.05, 4.69) is 21.4 Å². The maximum Gasteiger partial charge on any atom is 0.144 e. The lowest BCUT2D eigenvalue weighted by Gasteiger charge is -2.09. The van der Waals surface area contributed by atoms with Crippen LogP contribution in [0.2, 0.25) is 0 Å². The maximum absolute atomic E-state index is 9.20. The van der Waals surface area contributed by atoms with E-state index in [1.54, 1.807) is 6.20 Å². The molecule has 2 aromatic rings. The zero-order valence-electron chi connectivity index (χ0n) is 10.6. The van der Waals surface area contributed by atoms with Crippen molar-refractivity contribution in [2.75, 3.05) is 5.32 Å². The molecule has 4 nitrogen and oxygen atoms in total. The molecule has 1 aliphatic carbocycles. The average Bonchev–Trinajstić information content (AvgIpc) is 2.92. The Labute approximate surface area is 112 Å². The van der Waals surface area contributed by atoms with Gasteiger partial charge in [0.1, 0.15) is 11.9 Å². The highest BCUT2D eigenvalue weighted by molar-refractivity contribution is 5.55. The molecule has 3 rings (SSSR count). The lowest BCUT2D eigenvalue weighted by molar-refractivity contribution is 0.899. The molecule has 2 heterocycles. The SMILES string of the molecule is N#Cc1cc2c(nc1NCc1cccnc1)CCC2. The zero-order valence-corrected chi connectivity index (χ0v) is 10.6. The molecule has 0 fully saturated rings. The number of fused-ring (bicyclic) bond motifs is 1. The van der Waals surface area contributed by atoms with E-state index in [0.29, 0.717) is 17.9 Å². The van der Waals surface area contributed by atoms with Crippen molar-refractivity contribution in [3.63, 3.8) is 0 Å². The van der Waals surface area contributed by atoms with Gasteiger partial charge in [0.2, 0.25) is 0 Å². The zero-order chi connectivity index (χ0) is 13.1. The van der Waals surface area contributed by atoms with Crippen LogP contribution >= 0.6 is 0 Å². The van der Waals surface area contributed by atoms with Gasteiger partial charge in [0.05, 0.1) is 5.56 Å². The van der Waals surface area contributed by atoms with Crippen LogP contribution in [0.3, 0.4) is 0 Å². The van der Waals surface area contributed by atoms with E-state index >= 15 is 0 Å². The van der Waals surface area contributed by atoms with Gasteiger partial charge in [0.25, 0.3) is 0 Å². The van der Waals surface area contributed by atoms with Crippen LogP contribution in [-0.2, 0) is 19.4 Å². The van der Waals surface area contributed by atoms with Gasteiger partial charge in [-0.3, -0.25) is 4.98 Å². The smallest absolute Gasteiger partial charge is 0.144 e. The molecule has 0 bridgehead atoms. The Kier molecular flexibility index (Phi) is 3.11. The fourth-order valence-corrected chi connectivity index (χ4v) is 2.38. The molecule has 1 N–H and O–H groups in total. The molecule has 0 atom stereocenters. The first-order chi connectivity index (χ1) is 9.36. The van der Waals surface area contributed by atoms with Crippen LogP contribution in [-0.4, -0.2) is 9.97 Å². The summed E-state index contributed by atoms with van der Waals surface area (Å²) in [6.45, 7) is 0.633. The molecule has 19 heavy (non-hydrogen) atoms. The molecule has 4 heteroatoms. The number of hydrogen-bond acceptors (Lipinski definition) is 4. The third-order valence-electron chi connectivity index (χ3n) is 3.35. The summed E-state index contributed by atoms with van der Waals surface area (Å²) in [6, 6.07) is 8.09. The lowest BCUT2D eigenvalue weighted by Crippen LogP contribution is -2.05. The molecule has 0 amide bonds. The molecule has 0 aliphatic heterocycles. The predicted molar refractivity (Wildman–Crippen MR) is 72.5 cm³/mol. The topological polar surface area (TPSA) is 61.6 Å². The summed E-state index contributed by atoms with van der Waals surface area (Å²) >= 11 is 0. The van der Waals surface area contributed by atoms with Crippen LogP contribution in [0.25, 0.3) is 0 Å². The highest BCUT2D eigenvalue weighted by atomic mass is 15.0. The van der Waals surface area contributed by atoms with Crippen LogP contribution in [0.5, 0.6) is 0 Å². The Morgan fingerprint density at radius 2 is 2.32 bits per heavy atom. The van der Waals surface area contributed by atoms with Crippen LogP contribution in [0.4, 0.5) is 5.82 Å². The molecule has 0 spiro atoms. The monoisotopic (exact) mass is 250 g/mol. The number of aryl methyl sites for hydroxylation is 2. The van der Waals surface area contributed by atoms with Crippen molar-refractivity contribution in [2.45, 2.75) is 25.8 Å². The maximum atomic E-state index is 9.20. The molecule has 0 radical (unpaired) electrons. The molecule has 0 saturated heterocycles. The standard InChI is InChI=1S/C15H14N4/c16-8-13-7-12-4-1-5-14(12)19-15(13)18-10-11-3-2-6-17-9-11/h2-3,6-7,9H,1,4-5,10H2,(H,18,19). The molecule has 94 valence electrons. The summed E-state index contributed by atoms with van der Waals surface area (Å²) in [6.07, 6.45) is 6.76. The molecule has 1 aliphatic rings. The normalized spacial score (nSPS) is 12.8. The second-order valence-electron chi connectivity index (χ2n) is 4.67. The Morgan fingerprint density at radius 3 is 3.11 bits per heavy atom. The molecule has 0 aromatic carbocycles. The van der Waals surface area contributed by atoms with Gasteiger partial charge in [-0.15, -0.1) is 0 Å². The predicted octanol–water partition coefficient (Wildman–Crippen LogP) is 2.45. The van der Waals surface area contributed by atoms with Crippen molar-refractivity contribution >= 4 is 5.82 Å². The van der Waals surface area contributed by atoms with Crippen LogP contribution in [0.15, 0.2) is 30.6 Å². The number of nitrogens with one attached hydrogen (secondary N) is 1. The Balaban J connectivity index is 1.83. The largest absolute Gasteiger partial charge is 0.365 e. The van der Waals surface area contributed by atoms with Gasteiger partial charge in [-0.25, -0.2) is 4.98 Å². The fourth-order valence-electron chi connectivity index (χ4n) is 2.38. The number of pyridine rings is 2. The van der Waals surface area contributed by atoms with Crippen molar-refractivity contribution < 1.29 is 0 Å². The van der Waals surface area contributed by atoms with Crippen LogP contribution in [0.1, 0.15) is 28.8 Å². The minimum atomic E-state index is 0.629. The van der Waals surface area contributed by atoms with Crippen molar-refractivity contribution in [1.82, 2.24) is 9.97 Å². The van der Waals surface area contributed by atoms with Gasteiger partial charge < -0.3 is 5.32 Å². The molecule has 0 saturated carbocycles. The quantitative estimate of drug-likeness (QED) is 0.908. The number of nitriles is 1. The van der Waals surface area contributed by atoms with E-state index in [1.807, 2.05) is 24.4 Å². The van der Waals surface area contributed by atoms with Crippen LogP contribution < -0.4 is 5.32 Å². The number of hydrogen-bond donors (Lipinski definition) is 1. The molecular weight excluding hydrogens is 236 g/mol. The van der Waals surface area contributed by atoms with E-state index in [-0.39, 0.29) is 0 Å². The third kappa shape index (κ3) is 2.41. The first kappa shape index (κ1) is 11.7. The summed E-state index contributed by atoms with van der Waals surface area (Å²) in [5, 5.41) is 12.4. The van der Waals surface area contributed by atoms with E-state index in [1.165, 1.54) is 5.56 Å². The highest BCUT2D eigenvalue weighted by Gasteiger charge is 2.16. The van der Waals surface area contributed by atoms with Gasteiger partial charge in [0.15, 0.2) is 0 Å². The fraction of sp³-hybridized carbons (Fsp3) is 0.267. The molecular formula is C15H14N4. The van der Waals surface area contributed by atoms with E-state index in [4.69, 9.17) is 0 Å². The molecule has 0 unspecified atom stereocenters. The summed E-state index contributed by atoms with van der Waals surface area (Å²) in [5.74, 6) is 0.687. The van der Waals surface area contributed by atoms with Crippen molar-refractivity contribution in [1.29, 1.82) is 5.26 Å². The van der Waals surface area contributed by atoms with Gasteiger partial charge in [0, 0.05) is 24.6 Å². The van der Waals surface area contributed by atoms with Crippen molar-refractivity contribution in [2.24, 2.45) is 0 Å². The number of nitrogens with zero attached hydrogens (tertiary/aromatic N) is 3. The van der Waals surface area contributed by atoms with Gasteiger partial charge in [-0.2, -0.15) is 5.26 Å². The summed E-state index contributed by atoms with van der Waals surface area (Å²) in [5.41, 5.74) is 4.06. The van der Waals surface area contributed by atoms with Gasteiger partial charge >= 0.3 is 0 Å². The Bertz CT molecular complexity index is 629. The first-order valence-corrected chi connectivity index (χ1v) is 6.42. The average molecular weight is 250 g/mol. The first-order valence-electron chi connectivity index (χ1n) is 6.42. The highest BCUT2D eigenvalue weighted by Crippen LogP contribution is 2.25. The third-order valence-corrected chi connectivity index (χ3v) is 3.35. The van der Waals surface area contributed by atoms with E-state index in [0.717, 1.165) is 30.5 Å². The minimum absolute atomic E-state index is 0.629. The Hall–Kier alpha value is -2.41. The lowest BCUT2D eigenvalue weighted by atomic mass is 10.1. The number of aromatic nitrogens is 2. The molecule has 2 aromatic heterocycles. The minimum Gasteiger partial charge on any atom is -0.365 e. The summed E-state index contributed by atoms with van der Waals surface area (Å²) in [7, 11) is 0. The summed E-state index contributed by atoms with van der Waals surface area (Å²) in [4.78, 5) is 8.66. The van der Waals surface area contributed by atoms with Crippen molar-refractivity contribution in [3.05, 3.63) is 53.0 Å². The Morgan fingerprint density at radius 1 is 1.37 bits per heavy atom. The second kappa shape index (κ2) is 5.07. The van der Waals surface area contributed by atoms with Gasteiger partial charge in [-0.05, 0) is 42.5 Å². The number of anilines is 1. The summed E-state index contributed by atoms with van der Waals surface area (Å²) < 4.78 is 0. The number of rotatable bonds is 3. The van der Waals surface area contributed by atoms with Crippen molar-refractivity contribution in [3.8, 4) is 6.07 Å². The second-order valence-corrected chi connectivity index (χ2v) is 4.67. The van der Waals surface area contributed by atoms with Crippen LogP contribution in [0, 0.1) is 11.3 Å².